The molecular weight excluding hydrogens is 268 g/mol. The van der Waals surface area contributed by atoms with Crippen molar-refractivity contribution in [2.24, 2.45) is 5.41 Å². The van der Waals surface area contributed by atoms with Gasteiger partial charge in [0.1, 0.15) is 0 Å². The summed E-state index contributed by atoms with van der Waals surface area (Å²) in [5.41, 5.74) is 0.724. The smallest absolute Gasteiger partial charge is 0.311 e. The van der Waals surface area contributed by atoms with Crippen LogP contribution in [-0.2, 0) is 4.79 Å². The van der Waals surface area contributed by atoms with Crippen molar-refractivity contribution in [3.05, 3.63) is 29.8 Å². The van der Waals surface area contributed by atoms with Gasteiger partial charge in [-0.2, -0.15) is 0 Å². The second-order valence-corrected chi connectivity index (χ2v) is 6.14. The monoisotopic (exact) mass is 290 g/mol. The number of carboxylic acid groups (broad SMARTS) is 1. The van der Waals surface area contributed by atoms with Crippen molar-refractivity contribution in [3.63, 3.8) is 0 Å². The first-order valence-electron chi connectivity index (χ1n) is 7.13. The molecule has 114 valence electrons. The molecule has 0 radical (unpaired) electrons. The zero-order chi connectivity index (χ0) is 15.6. The van der Waals surface area contributed by atoms with Crippen molar-refractivity contribution >= 4 is 17.6 Å². The number of piperidine rings is 1. The van der Waals surface area contributed by atoms with Crippen LogP contribution in [-0.4, -0.2) is 49.1 Å². The van der Waals surface area contributed by atoms with Gasteiger partial charge in [-0.1, -0.05) is 6.07 Å². The van der Waals surface area contributed by atoms with Crippen molar-refractivity contribution < 1.29 is 14.7 Å². The van der Waals surface area contributed by atoms with E-state index in [1.807, 2.05) is 37.2 Å². The van der Waals surface area contributed by atoms with E-state index in [4.69, 9.17) is 0 Å². The van der Waals surface area contributed by atoms with Crippen LogP contribution in [0, 0.1) is 5.41 Å². The molecule has 0 spiro atoms. The normalized spacial score (nSPS) is 22.0. The summed E-state index contributed by atoms with van der Waals surface area (Å²) < 4.78 is 0. The zero-order valence-corrected chi connectivity index (χ0v) is 12.8. The van der Waals surface area contributed by atoms with Gasteiger partial charge in [-0.15, -0.1) is 0 Å². The second kappa shape index (κ2) is 5.76. The lowest BCUT2D eigenvalue weighted by Gasteiger charge is -2.37. The first-order valence-corrected chi connectivity index (χ1v) is 7.13. The van der Waals surface area contributed by atoms with E-state index in [0.29, 0.717) is 18.5 Å². The molecule has 0 aromatic heterocycles. The van der Waals surface area contributed by atoms with E-state index in [1.165, 1.54) is 0 Å². The molecule has 1 aliphatic heterocycles. The van der Waals surface area contributed by atoms with Crippen molar-refractivity contribution in [1.29, 1.82) is 0 Å². The largest absolute Gasteiger partial charge is 0.481 e. The summed E-state index contributed by atoms with van der Waals surface area (Å²) in [5, 5.41) is 9.34. The standard InChI is InChI=1S/C16H22N2O3/c1-16(15(20)21)8-5-9-18(11-16)14(19)12-6-4-7-13(10-12)17(2)3/h4,6-7,10H,5,8-9,11H2,1-3H3,(H,20,21). The molecule has 1 saturated heterocycles. The van der Waals surface area contributed by atoms with Crippen molar-refractivity contribution in [2.45, 2.75) is 19.8 Å². The molecule has 1 amide bonds. The minimum atomic E-state index is -0.840. The van der Waals surface area contributed by atoms with Gasteiger partial charge in [0, 0.05) is 38.4 Å². The molecule has 5 heteroatoms. The molecule has 21 heavy (non-hydrogen) atoms. The third kappa shape index (κ3) is 3.17. The number of hydrogen-bond donors (Lipinski definition) is 1. The Morgan fingerprint density at radius 2 is 2.05 bits per heavy atom. The van der Waals surface area contributed by atoms with Gasteiger partial charge < -0.3 is 14.9 Å². The summed E-state index contributed by atoms with van der Waals surface area (Å²) >= 11 is 0. The molecule has 1 heterocycles. The number of rotatable bonds is 3. The molecule has 0 aliphatic carbocycles. The fourth-order valence-electron chi connectivity index (χ4n) is 2.69. The Morgan fingerprint density at radius 3 is 2.67 bits per heavy atom. The van der Waals surface area contributed by atoms with Gasteiger partial charge >= 0.3 is 5.97 Å². The highest BCUT2D eigenvalue weighted by Crippen LogP contribution is 2.30. The molecule has 0 saturated carbocycles. The number of carbonyl (C=O) groups excluding carboxylic acids is 1. The maximum Gasteiger partial charge on any atom is 0.311 e. The summed E-state index contributed by atoms with van der Waals surface area (Å²) in [7, 11) is 3.85. The van der Waals surface area contributed by atoms with Crippen LogP contribution in [0.15, 0.2) is 24.3 Å². The quantitative estimate of drug-likeness (QED) is 0.926. The fourth-order valence-corrected chi connectivity index (χ4v) is 2.69. The average Bonchev–Trinajstić information content (AvgIpc) is 2.46. The molecule has 1 N–H and O–H groups in total. The van der Waals surface area contributed by atoms with E-state index in [1.54, 1.807) is 17.9 Å². The van der Waals surface area contributed by atoms with Gasteiger partial charge in [0.15, 0.2) is 0 Å². The van der Waals surface area contributed by atoms with E-state index in [2.05, 4.69) is 0 Å². The number of amides is 1. The van der Waals surface area contributed by atoms with Crippen molar-refractivity contribution in [2.75, 3.05) is 32.1 Å². The summed E-state index contributed by atoms with van der Waals surface area (Å²) in [5.74, 6) is -0.923. The Hall–Kier alpha value is -2.04. The van der Waals surface area contributed by atoms with Crippen molar-refractivity contribution in [1.82, 2.24) is 4.90 Å². The highest BCUT2D eigenvalue weighted by molar-refractivity contribution is 5.95. The summed E-state index contributed by atoms with van der Waals surface area (Å²) in [6.07, 6.45) is 1.34. The number of likely N-dealkylation sites (tertiary alicyclic amines) is 1. The minimum absolute atomic E-state index is 0.0918. The molecule has 5 nitrogen and oxygen atoms in total. The SMILES string of the molecule is CN(C)c1cccc(C(=O)N2CCCC(C)(C(=O)O)C2)c1. The van der Waals surface area contributed by atoms with Crippen molar-refractivity contribution in [3.8, 4) is 0 Å². The second-order valence-electron chi connectivity index (χ2n) is 6.14. The number of nitrogens with zero attached hydrogens (tertiary/aromatic N) is 2. The molecule has 1 atom stereocenters. The predicted octanol–water partition coefficient (Wildman–Crippen LogP) is 2.08. The van der Waals surface area contributed by atoms with Crippen LogP contribution in [0.3, 0.4) is 0 Å². The Morgan fingerprint density at radius 1 is 1.33 bits per heavy atom. The van der Waals surface area contributed by atoms with E-state index < -0.39 is 11.4 Å². The van der Waals surface area contributed by atoms with E-state index in [-0.39, 0.29) is 12.5 Å². The molecule has 1 fully saturated rings. The van der Waals surface area contributed by atoms with E-state index in [0.717, 1.165) is 12.1 Å². The van der Waals surface area contributed by atoms with E-state index in [9.17, 15) is 14.7 Å². The number of carboxylic acids is 1. The molecular formula is C16H22N2O3. The van der Waals surface area contributed by atoms with Crippen LogP contribution in [0.2, 0.25) is 0 Å². The molecule has 1 aromatic rings. The van der Waals surface area contributed by atoms with Gasteiger partial charge in [0.05, 0.1) is 5.41 Å². The Kier molecular flexibility index (Phi) is 4.21. The highest BCUT2D eigenvalue weighted by Gasteiger charge is 2.39. The van der Waals surface area contributed by atoms with E-state index >= 15 is 0 Å². The lowest BCUT2D eigenvalue weighted by molar-refractivity contribution is -0.150. The summed E-state index contributed by atoms with van der Waals surface area (Å²) in [6.45, 7) is 2.60. The third-order valence-corrected chi connectivity index (χ3v) is 4.11. The maximum absolute atomic E-state index is 12.6. The van der Waals surface area contributed by atoms with Crippen LogP contribution < -0.4 is 4.90 Å². The number of carbonyl (C=O) groups is 2. The topological polar surface area (TPSA) is 60.9 Å². The maximum atomic E-state index is 12.6. The first kappa shape index (κ1) is 15.4. The van der Waals surface area contributed by atoms with Crippen LogP contribution >= 0.6 is 0 Å². The van der Waals surface area contributed by atoms with Crippen LogP contribution in [0.4, 0.5) is 5.69 Å². The number of benzene rings is 1. The van der Waals surface area contributed by atoms with Crippen LogP contribution in [0.5, 0.6) is 0 Å². The Balaban J connectivity index is 2.20. The van der Waals surface area contributed by atoms with Gasteiger partial charge in [0.25, 0.3) is 5.91 Å². The number of aliphatic carboxylic acids is 1. The average molecular weight is 290 g/mol. The molecule has 2 rings (SSSR count). The van der Waals surface area contributed by atoms with Gasteiger partial charge in [0.2, 0.25) is 0 Å². The Labute approximate surface area is 125 Å². The Bertz CT molecular complexity index is 556. The summed E-state index contributed by atoms with van der Waals surface area (Å²) in [4.78, 5) is 27.6. The zero-order valence-electron chi connectivity index (χ0n) is 12.8. The summed E-state index contributed by atoms with van der Waals surface area (Å²) in [6, 6.07) is 7.41. The fraction of sp³-hybridized carbons (Fsp3) is 0.500. The van der Waals surface area contributed by atoms with Gasteiger partial charge in [-0.25, -0.2) is 0 Å². The predicted molar refractivity (Wildman–Crippen MR) is 81.6 cm³/mol. The number of anilines is 1. The molecule has 0 bridgehead atoms. The molecule has 1 unspecified atom stereocenters. The van der Waals surface area contributed by atoms with Gasteiger partial charge in [-0.3, -0.25) is 9.59 Å². The van der Waals surface area contributed by atoms with Gasteiger partial charge in [-0.05, 0) is 38.0 Å². The lowest BCUT2D eigenvalue weighted by Crippen LogP contribution is -2.48. The lowest BCUT2D eigenvalue weighted by atomic mass is 9.82. The van der Waals surface area contributed by atoms with Crippen LogP contribution in [0.25, 0.3) is 0 Å². The van der Waals surface area contributed by atoms with Crippen LogP contribution in [0.1, 0.15) is 30.1 Å². The highest BCUT2D eigenvalue weighted by atomic mass is 16.4. The molecule has 1 aromatic carbocycles. The molecule has 1 aliphatic rings. The third-order valence-electron chi connectivity index (χ3n) is 4.11. The minimum Gasteiger partial charge on any atom is -0.481 e. The number of hydrogen-bond acceptors (Lipinski definition) is 3. The first-order chi connectivity index (χ1) is 9.83.